The molecule has 2 heteroatoms. The fourth-order valence-corrected chi connectivity index (χ4v) is 6.19. The quantitative estimate of drug-likeness (QED) is 0.598. The number of hydrogen-bond donors (Lipinski definition) is 0. The van der Waals surface area contributed by atoms with E-state index in [1.165, 1.54) is 45.7 Å². The Morgan fingerprint density at radius 2 is 1.65 bits per heavy atom. The molecule has 2 aromatic rings. The zero-order valence-electron chi connectivity index (χ0n) is 11.7. The maximum atomic E-state index is 2.46. The van der Waals surface area contributed by atoms with Gasteiger partial charge in [-0.3, -0.25) is 0 Å². The van der Waals surface area contributed by atoms with Crippen LogP contribution in [0.1, 0.15) is 30.0 Å². The zero-order chi connectivity index (χ0) is 13.6. The van der Waals surface area contributed by atoms with Crippen LogP contribution in [0.15, 0.2) is 42.5 Å². The first-order chi connectivity index (χ1) is 9.76. The molecule has 0 bridgehead atoms. The van der Waals surface area contributed by atoms with Crippen molar-refractivity contribution in [2.75, 3.05) is 11.5 Å². The Labute approximate surface area is 129 Å². The highest BCUT2D eigenvalue weighted by molar-refractivity contribution is 8.18. The standard InChI is InChI=1S/C18H18S2/c1-18(19-9-4-10-20-18)15-7-8-17-14(12-15)11-13-5-2-3-6-16(13)17/h2-3,5-8,12H,4,9-11H2,1H3. The summed E-state index contributed by atoms with van der Waals surface area (Å²) in [6, 6.07) is 16.0. The van der Waals surface area contributed by atoms with Crippen molar-refractivity contribution in [1.29, 1.82) is 0 Å². The molecule has 0 aromatic heterocycles. The molecular formula is C18H18S2. The van der Waals surface area contributed by atoms with Crippen molar-refractivity contribution in [3.63, 3.8) is 0 Å². The first-order valence-corrected chi connectivity index (χ1v) is 9.23. The lowest BCUT2D eigenvalue weighted by molar-refractivity contribution is 0.960. The van der Waals surface area contributed by atoms with Crippen molar-refractivity contribution in [1.82, 2.24) is 0 Å². The van der Waals surface area contributed by atoms with Gasteiger partial charge in [0.05, 0.1) is 4.08 Å². The zero-order valence-corrected chi connectivity index (χ0v) is 13.3. The summed E-state index contributed by atoms with van der Waals surface area (Å²) in [7, 11) is 0. The monoisotopic (exact) mass is 298 g/mol. The van der Waals surface area contributed by atoms with E-state index in [0.717, 1.165) is 6.42 Å². The average Bonchev–Trinajstić information content (AvgIpc) is 2.85. The molecule has 0 amide bonds. The Morgan fingerprint density at radius 1 is 0.900 bits per heavy atom. The van der Waals surface area contributed by atoms with E-state index < -0.39 is 0 Å². The molecule has 1 aliphatic carbocycles. The van der Waals surface area contributed by atoms with Crippen molar-refractivity contribution in [3.8, 4) is 11.1 Å². The molecule has 0 spiro atoms. The number of thioether (sulfide) groups is 2. The number of hydrogen-bond acceptors (Lipinski definition) is 2. The van der Waals surface area contributed by atoms with Crippen LogP contribution in [0, 0.1) is 0 Å². The van der Waals surface area contributed by atoms with Crippen LogP contribution < -0.4 is 0 Å². The molecule has 0 atom stereocenters. The smallest absolute Gasteiger partial charge is 0.0832 e. The lowest BCUT2D eigenvalue weighted by atomic mass is 10.0. The first-order valence-electron chi connectivity index (χ1n) is 7.26. The Hall–Kier alpha value is -0.860. The van der Waals surface area contributed by atoms with Gasteiger partial charge in [-0.15, -0.1) is 23.5 Å². The molecular weight excluding hydrogens is 280 g/mol. The van der Waals surface area contributed by atoms with Crippen LogP contribution in [0.4, 0.5) is 0 Å². The summed E-state index contributed by atoms with van der Waals surface area (Å²) in [5.41, 5.74) is 7.37. The summed E-state index contributed by atoms with van der Waals surface area (Å²) in [5.74, 6) is 2.58. The Balaban J connectivity index is 1.75. The number of benzene rings is 2. The van der Waals surface area contributed by atoms with Gasteiger partial charge >= 0.3 is 0 Å². The molecule has 0 radical (unpaired) electrons. The fraction of sp³-hybridized carbons (Fsp3) is 0.333. The second-order valence-corrected chi connectivity index (χ2v) is 8.99. The largest absolute Gasteiger partial charge is 0.140 e. The van der Waals surface area contributed by atoms with Crippen LogP contribution in [-0.2, 0) is 10.5 Å². The van der Waals surface area contributed by atoms with Crippen LogP contribution in [0.5, 0.6) is 0 Å². The fourth-order valence-electron chi connectivity index (χ4n) is 3.23. The predicted molar refractivity (Wildman–Crippen MR) is 91.6 cm³/mol. The Morgan fingerprint density at radius 3 is 2.50 bits per heavy atom. The van der Waals surface area contributed by atoms with Crippen molar-refractivity contribution >= 4 is 23.5 Å². The third-order valence-electron chi connectivity index (χ3n) is 4.36. The lowest BCUT2D eigenvalue weighted by Gasteiger charge is -2.33. The van der Waals surface area contributed by atoms with Crippen molar-refractivity contribution in [2.24, 2.45) is 0 Å². The molecule has 0 nitrogen and oxygen atoms in total. The third-order valence-corrected chi connectivity index (χ3v) is 7.63. The van der Waals surface area contributed by atoms with Gasteiger partial charge in [0, 0.05) is 0 Å². The summed E-state index contributed by atoms with van der Waals surface area (Å²) >= 11 is 4.22. The highest BCUT2D eigenvalue weighted by atomic mass is 32.2. The van der Waals surface area contributed by atoms with Crippen molar-refractivity contribution in [2.45, 2.75) is 23.8 Å². The number of rotatable bonds is 1. The van der Waals surface area contributed by atoms with E-state index in [1.54, 1.807) is 0 Å². The van der Waals surface area contributed by atoms with Gasteiger partial charge in [0.1, 0.15) is 0 Å². The van der Waals surface area contributed by atoms with E-state index in [-0.39, 0.29) is 4.08 Å². The molecule has 1 aliphatic heterocycles. The van der Waals surface area contributed by atoms with Gasteiger partial charge in [-0.25, -0.2) is 0 Å². The molecule has 0 N–H and O–H groups in total. The van der Waals surface area contributed by atoms with E-state index in [0.29, 0.717) is 0 Å². The van der Waals surface area contributed by atoms with Gasteiger partial charge in [-0.1, -0.05) is 42.5 Å². The Kier molecular flexibility index (Phi) is 3.12. The van der Waals surface area contributed by atoms with Gasteiger partial charge in [-0.05, 0) is 59.1 Å². The molecule has 2 aromatic carbocycles. The van der Waals surface area contributed by atoms with E-state index in [4.69, 9.17) is 0 Å². The average molecular weight is 298 g/mol. The molecule has 2 aliphatic rings. The second kappa shape index (κ2) is 4.85. The lowest BCUT2D eigenvalue weighted by Crippen LogP contribution is -2.18. The molecule has 1 heterocycles. The van der Waals surface area contributed by atoms with E-state index >= 15 is 0 Å². The molecule has 1 fully saturated rings. The minimum atomic E-state index is 0.252. The van der Waals surface area contributed by atoms with Crippen molar-refractivity contribution in [3.05, 3.63) is 59.2 Å². The maximum absolute atomic E-state index is 2.46. The van der Waals surface area contributed by atoms with Crippen LogP contribution in [0.25, 0.3) is 11.1 Å². The minimum absolute atomic E-state index is 0.252. The summed E-state index contributed by atoms with van der Waals surface area (Å²) in [4.78, 5) is 0. The van der Waals surface area contributed by atoms with Crippen LogP contribution in [-0.4, -0.2) is 11.5 Å². The van der Waals surface area contributed by atoms with Gasteiger partial charge in [0.25, 0.3) is 0 Å². The van der Waals surface area contributed by atoms with E-state index in [1.807, 2.05) is 0 Å². The van der Waals surface area contributed by atoms with Crippen molar-refractivity contribution < 1.29 is 0 Å². The van der Waals surface area contributed by atoms with E-state index in [2.05, 4.69) is 72.9 Å². The highest BCUT2D eigenvalue weighted by Crippen LogP contribution is 2.51. The molecule has 102 valence electrons. The van der Waals surface area contributed by atoms with Crippen LogP contribution in [0.2, 0.25) is 0 Å². The minimum Gasteiger partial charge on any atom is -0.140 e. The Bertz CT molecular complexity index is 654. The van der Waals surface area contributed by atoms with E-state index in [9.17, 15) is 0 Å². The molecule has 0 saturated carbocycles. The van der Waals surface area contributed by atoms with Gasteiger partial charge < -0.3 is 0 Å². The normalized spacial score (nSPS) is 19.4. The van der Waals surface area contributed by atoms with Crippen LogP contribution >= 0.6 is 23.5 Å². The predicted octanol–water partition coefficient (Wildman–Crippen LogP) is 5.30. The summed E-state index contributed by atoms with van der Waals surface area (Å²) in [5, 5.41) is 0. The number of fused-ring (bicyclic) bond motifs is 3. The van der Waals surface area contributed by atoms with Gasteiger partial charge in [-0.2, -0.15) is 0 Å². The summed E-state index contributed by atoms with van der Waals surface area (Å²) in [6.45, 7) is 2.39. The summed E-state index contributed by atoms with van der Waals surface area (Å²) < 4.78 is 0.252. The first kappa shape index (κ1) is 12.8. The van der Waals surface area contributed by atoms with Gasteiger partial charge in [0.2, 0.25) is 0 Å². The second-order valence-electron chi connectivity index (χ2n) is 5.70. The molecule has 4 rings (SSSR count). The maximum Gasteiger partial charge on any atom is 0.0832 e. The van der Waals surface area contributed by atoms with Crippen LogP contribution in [0.3, 0.4) is 0 Å². The molecule has 1 saturated heterocycles. The topological polar surface area (TPSA) is 0 Å². The summed E-state index contributed by atoms with van der Waals surface area (Å²) in [6.07, 6.45) is 2.45. The van der Waals surface area contributed by atoms with Gasteiger partial charge in [0.15, 0.2) is 0 Å². The molecule has 0 unspecified atom stereocenters. The molecule has 20 heavy (non-hydrogen) atoms. The third kappa shape index (κ3) is 2.01. The highest BCUT2D eigenvalue weighted by Gasteiger charge is 2.31. The SMILES string of the molecule is CC1(c2ccc3c(c2)Cc2ccccc2-3)SCCCS1.